The van der Waals surface area contributed by atoms with Crippen molar-refractivity contribution < 1.29 is 4.79 Å². The summed E-state index contributed by atoms with van der Waals surface area (Å²) >= 11 is 7.79. The highest BCUT2D eigenvalue weighted by Crippen LogP contribution is 2.17. The zero-order valence-corrected chi connectivity index (χ0v) is 12.9. The maximum absolute atomic E-state index is 12.0. The van der Waals surface area contributed by atoms with Crippen LogP contribution in [-0.2, 0) is 6.42 Å². The molecule has 1 heterocycles. The van der Waals surface area contributed by atoms with Gasteiger partial charge in [-0.2, -0.15) is 0 Å². The number of halogens is 1. The molecule has 0 atom stereocenters. The Labute approximate surface area is 133 Å². The van der Waals surface area contributed by atoms with E-state index in [9.17, 15) is 4.79 Å². The maximum Gasteiger partial charge on any atom is 0.251 e. The number of amides is 1. The Balaban J connectivity index is 1.94. The molecule has 0 saturated carbocycles. The van der Waals surface area contributed by atoms with Gasteiger partial charge in [0.2, 0.25) is 0 Å². The Bertz CT molecular complexity index is 671. The molecule has 0 saturated heterocycles. The van der Waals surface area contributed by atoms with Gasteiger partial charge in [-0.05, 0) is 36.1 Å². The lowest BCUT2D eigenvalue weighted by Gasteiger charge is -2.05. The highest BCUT2D eigenvalue weighted by atomic mass is 35.5. The third-order valence-corrected chi connectivity index (χ3v) is 4.04. The second-order valence-electron chi connectivity index (χ2n) is 4.29. The minimum Gasteiger partial charge on any atom is -0.352 e. The molecule has 3 N–H and O–H groups in total. The van der Waals surface area contributed by atoms with Crippen LogP contribution in [0.2, 0.25) is 5.02 Å². The molecule has 5 heteroatoms. The van der Waals surface area contributed by atoms with Gasteiger partial charge < -0.3 is 11.1 Å². The van der Waals surface area contributed by atoms with E-state index in [1.807, 2.05) is 11.4 Å². The molecule has 21 heavy (non-hydrogen) atoms. The van der Waals surface area contributed by atoms with Gasteiger partial charge in [-0.25, -0.2) is 0 Å². The Morgan fingerprint density at radius 1 is 1.38 bits per heavy atom. The molecule has 1 amide bonds. The Kier molecular flexibility index (Phi) is 5.82. The lowest BCUT2D eigenvalue weighted by molar-refractivity contribution is 0.0954. The van der Waals surface area contributed by atoms with Crippen LogP contribution in [0.5, 0.6) is 0 Å². The van der Waals surface area contributed by atoms with Crippen LogP contribution in [0.1, 0.15) is 20.8 Å². The van der Waals surface area contributed by atoms with Crippen LogP contribution in [0.25, 0.3) is 0 Å². The molecule has 0 bridgehead atoms. The van der Waals surface area contributed by atoms with E-state index in [1.165, 1.54) is 4.88 Å². The fourth-order valence-electron chi connectivity index (χ4n) is 1.76. The predicted octanol–water partition coefficient (Wildman–Crippen LogP) is 2.68. The van der Waals surface area contributed by atoms with Crippen LogP contribution in [0, 0.1) is 11.8 Å². The molecule has 0 aliphatic heterocycles. The summed E-state index contributed by atoms with van der Waals surface area (Å²) in [6.07, 6.45) is 0.831. The van der Waals surface area contributed by atoms with Gasteiger partial charge in [-0.1, -0.05) is 29.5 Å². The first kappa shape index (κ1) is 15.6. The number of hydrogen-bond acceptors (Lipinski definition) is 3. The van der Waals surface area contributed by atoms with E-state index in [1.54, 1.807) is 29.5 Å². The maximum atomic E-state index is 12.0. The second-order valence-corrected chi connectivity index (χ2v) is 5.73. The van der Waals surface area contributed by atoms with Crippen molar-refractivity contribution in [1.29, 1.82) is 0 Å². The van der Waals surface area contributed by atoms with Crippen LogP contribution in [-0.4, -0.2) is 19.0 Å². The van der Waals surface area contributed by atoms with Crippen LogP contribution < -0.4 is 11.1 Å². The lowest BCUT2D eigenvalue weighted by Crippen LogP contribution is -2.25. The van der Waals surface area contributed by atoms with Gasteiger partial charge >= 0.3 is 0 Å². The van der Waals surface area contributed by atoms with Crippen molar-refractivity contribution in [2.75, 3.05) is 13.1 Å². The molecule has 1 aromatic carbocycles. The van der Waals surface area contributed by atoms with Gasteiger partial charge in [-0.3, -0.25) is 4.79 Å². The first-order valence-corrected chi connectivity index (χ1v) is 7.75. The van der Waals surface area contributed by atoms with E-state index in [0.29, 0.717) is 22.7 Å². The second kappa shape index (κ2) is 7.84. The lowest BCUT2D eigenvalue weighted by atomic mass is 10.1. The monoisotopic (exact) mass is 318 g/mol. The number of carbonyl (C=O) groups is 1. The molecule has 0 aliphatic carbocycles. The molecule has 0 unspecified atom stereocenters. The Morgan fingerprint density at radius 3 is 2.90 bits per heavy atom. The topological polar surface area (TPSA) is 55.1 Å². The van der Waals surface area contributed by atoms with E-state index < -0.39 is 0 Å². The van der Waals surface area contributed by atoms with Crippen LogP contribution in [0.4, 0.5) is 0 Å². The minimum atomic E-state index is -0.133. The van der Waals surface area contributed by atoms with E-state index >= 15 is 0 Å². The highest BCUT2D eigenvalue weighted by molar-refractivity contribution is 7.09. The third-order valence-electron chi connectivity index (χ3n) is 2.79. The van der Waals surface area contributed by atoms with Crippen molar-refractivity contribution in [1.82, 2.24) is 5.32 Å². The molecule has 3 nitrogen and oxygen atoms in total. The summed E-state index contributed by atoms with van der Waals surface area (Å²) in [4.78, 5) is 13.3. The van der Waals surface area contributed by atoms with Crippen molar-refractivity contribution in [2.24, 2.45) is 5.73 Å². The van der Waals surface area contributed by atoms with Gasteiger partial charge in [0.1, 0.15) is 0 Å². The summed E-state index contributed by atoms with van der Waals surface area (Å²) in [5.41, 5.74) is 6.53. The summed E-state index contributed by atoms with van der Waals surface area (Å²) in [6.45, 7) is 0.882. The molecular weight excluding hydrogens is 304 g/mol. The van der Waals surface area contributed by atoms with E-state index in [4.69, 9.17) is 17.3 Å². The number of nitrogens with one attached hydrogen (secondary N) is 1. The number of rotatable bonds is 4. The van der Waals surface area contributed by atoms with Gasteiger partial charge in [0, 0.05) is 22.5 Å². The van der Waals surface area contributed by atoms with Crippen molar-refractivity contribution in [3.05, 3.63) is 56.7 Å². The van der Waals surface area contributed by atoms with E-state index in [0.717, 1.165) is 6.42 Å². The number of benzene rings is 1. The predicted molar refractivity (Wildman–Crippen MR) is 87.7 cm³/mol. The van der Waals surface area contributed by atoms with Gasteiger partial charge in [0.25, 0.3) is 5.91 Å². The van der Waals surface area contributed by atoms with Crippen LogP contribution in [0.15, 0.2) is 35.7 Å². The molecular formula is C16H15ClN2OS. The van der Waals surface area contributed by atoms with E-state index in [-0.39, 0.29) is 12.5 Å². The number of carbonyl (C=O) groups excluding carboxylic acids is 1. The normalized spacial score (nSPS) is 9.81. The Hall–Kier alpha value is -1.80. The average molecular weight is 319 g/mol. The molecule has 0 aliphatic rings. The number of hydrogen-bond donors (Lipinski definition) is 2. The molecule has 0 radical (unpaired) electrons. The molecule has 0 fully saturated rings. The summed E-state index contributed by atoms with van der Waals surface area (Å²) in [6, 6.07) is 9.13. The molecule has 2 rings (SSSR count). The zero-order valence-electron chi connectivity index (χ0n) is 11.4. The third kappa shape index (κ3) is 4.61. The standard InChI is InChI=1S/C16H15ClN2OS/c17-15-11-13(6-5-12(15)3-1-8-18)16(20)19-9-7-14-4-2-10-21-14/h2,4-6,10-11H,7-9,18H2,(H,19,20). The summed E-state index contributed by atoms with van der Waals surface area (Å²) in [5, 5.41) is 5.37. The summed E-state index contributed by atoms with van der Waals surface area (Å²) in [5.74, 6) is 5.47. The van der Waals surface area contributed by atoms with Crippen molar-refractivity contribution in [3.8, 4) is 11.8 Å². The molecule has 108 valence electrons. The summed E-state index contributed by atoms with van der Waals surface area (Å²) in [7, 11) is 0. The van der Waals surface area contributed by atoms with Crippen LogP contribution in [0.3, 0.4) is 0 Å². The largest absolute Gasteiger partial charge is 0.352 e. The van der Waals surface area contributed by atoms with Crippen molar-refractivity contribution in [3.63, 3.8) is 0 Å². The SMILES string of the molecule is NCC#Cc1ccc(C(=O)NCCc2cccs2)cc1Cl. The molecule has 0 spiro atoms. The minimum absolute atomic E-state index is 0.133. The average Bonchev–Trinajstić information content (AvgIpc) is 2.99. The molecule has 2 aromatic rings. The smallest absolute Gasteiger partial charge is 0.251 e. The van der Waals surface area contributed by atoms with Crippen molar-refractivity contribution in [2.45, 2.75) is 6.42 Å². The van der Waals surface area contributed by atoms with E-state index in [2.05, 4.69) is 23.2 Å². The zero-order chi connectivity index (χ0) is 15.1. The van der Waals surface area contributed by atoms with Gasteiger partial charge in [-0.15, -0.1) is 11.3 Å². The quantitative estimate of drug-likeness (QED) is 0.852. The molecule has 1 aromatic heterocycles. The van der Waals surface area contributed by atoms with Crippen LogP contribution >= 0.6 is 22.9 Å². The fraction of sp³-hybridized carbons (Fsp3) is 0.188. The van der Waals surface area contributed by atoms with Gasteiger partial charge in [0.15, 0.2) is 0 Å². The number of nitrogens with two attached hydrogens (primary N) is 1. The number of thiophene rings is 1. The summed E-state index contributed by atoms with van der Waals surface area (Å²) < 4.78 is 0. The van der Waals surface area contributed by atoms with Gasteiger partial charge in [0.05, 0.1) is 11.6 Å². The fourth-order valence-corrected chi connectivity index (χ4v) is 2.70. The van der Waals surface area contributed by atoms with Crippen molar-refractivity contribution >= 4 is 28.8 Å². The highest BCUT2D eigenvalue weighted by Gasteiger charge is 2.07. The first-order valence-electron chi connectivity index (χ1n) is 6.50. The first-order chi connectivity index (χ1) is 10.2. The Morgan fingerprint density at radius 2 is 2.24 bits per heavy atom.